The Balaban J connectivity index is 1.28. The quantitative estimate of drug-likeness (QED) is 0.577. The molecule has 0 unspecified atom stereocenters. The van der Waals surface area contributed by atoms with Crippen LogP contribution in [0.4, 0.5) is 5.69 Å². The Morgan fingerprint density at radius 3 is 2.60 bits per heavy atom. The summed E-state index contributed by atoms with van der Waals surface area (Å²) in [7, 11) is 0. The molecule has 1 fully saturated rings. The molecule has 7 heteroatoms. The van der Waals surface area contributed by atoms with Crippen molar-refractivity contribution in [3.63, 3.8) is 0 Å². The van der Waals surface area contributed by atoms with Crippen LogP contribution in [0.3, 0.4) is 0 Å². The Kier molecular flexibility index (Phi) is 6.65. The normalized spacial score (nSPS) is 14.2. The average Bonchev–Trinajstić information content (AvgIpc) is 3.12. The molecule has 1 aliphatic heterocycles. The maximum Gasteiger partial charge on any atom is 0.233 e. The van der Waals surface area contributed by atoms with Gasteiger partial charge < -0.3 is 14.8 Å². The number of piperazine rings is 1. The van der Waals surface area contributed by atoms with Crippen molar-refractivity contribution in [2.24, 2.45) is 0 Å². The first-order valence-corrected chi connectivity index (χ1v) is 11.5. The Bertz CT molecular complexity index is 999. The number of carbonyl (C=O) groups is 1. The SMILES string of the molecule is Cc1[nH]c(SCC(=O)N2CCN(c3cccc(Cl)c3)CC2)nc1Cc1ccccc1. The van der Waals surface area contributed by atoms with Gasteiger partial charge in [0, 0.05) is 49.0 Å². The van der Waals surface area contributed by atoms with Gasteiger partial charge in [0.2, 0.25) is 5.91 Å². The van der Waals surface area contributed by atoms with Gasteiger partial charge in [-0.3, -0.25) is 4.79 Å². The molecule has 0 spiro atoms. The van der Waals surface area contributed by atoms with Crippen LogP contribution >= 0.6 is 23.4 Å². The predicted molar refractivity (Wildman–Crippen MR) is 124 cm³/mol. The molecule has 1 amide bonds. The Morgan fingerprint density at radius 1 is 1.10 bits per heavy atom. The molecule has 0 bridgehead atoms. The number of nitrogens with one attached hydrogen (secondary N) is 1. The minimum Gasteiger partial charge on any atom is -0.368 e. The van der Waals surface area contributed by atoms with Crippen molar-refractivity contribution in [1.82, 2.24) is 14.9 Å². The van der Waals surface area contributed by atoms with Crippen LogP contribution in [-0.2, 0) is 11.2 Å². The van der Waals surface area contributed by atoms with Crippen LogP contribution in [0.25, 0.3) is 0 Å². The maximum absolute atomic E-state index is 12.7. The third kappa shape index (κ3) is 5.18. The first-order chi connectivity index (χ1) is 14.6. The van der Waals surface area contributed by atoms with Crippen molar-refractivity contribution in [3.8, 4) is 0 Å². The fourth-order valence-corrected chi connectivity index (χ4v) is 4.63. The number of aryl methyl sites for hydroxylation is 1. The van der Waals surface area contributed by atoms with Crippen LogP contribution in [0.15, 0.2) is 59.8 Å². The summed E-state index contributed by atoms with van der Waals surface area (Å²) in [5, 5.41) is 1.55. The van der Waals surface area contributed by atoms with E-state index in [1.807, 2.05) is 48.2 Å². The molecule has 5 nitrogen and oxygen atoms in total. The summed E-state index contributed by atoms with van der Waals surface area (Å²) in [5.41, 5.74) is 4.44. The van der Waals surface area contributed by atoms with Crippen molar-refractivity contribution >= 4 is 35.0 Å². The van der Waals surface area contributed by atoms with Crippen molar-refractivity contribution in [3.05, 3.63) is 76.6 Å². The number of benzene rings is 2. The lowest BCUT2D eigenvalue weighted by molar-refractivity contribution is -0.128. The lowest BCUT2D eigenvalue weighted by Gasteiger charge is -2.36. The Labute approximate surface area is 186 Å². The number of hydrogen-bond donors (Lipinski definition) is 1. The minimum atomic E-state index is 0.157. The van der Waals surface area contributed by atoms with E-state index in [1.165, 1.54) is 17.3 Å². The molecule has 2 aromatic carbocycles. The van der Waals surface area contributed by atoms with Gasteiger partial charge in [0.05, 0.1) is 11.4 Å². The fourth-order valence-electron chi connectivity index (χ4n) is 3.60. The largest absolute Gasteiger partial charge is 0.368 e. The summed E-state index contributed by atoms with van der Waals surface area (Å²) in [6.07, 6.45) is 0.795. The van der Waals surface area contributed by atoms with Crippen molar-refractivity contribution in [1.29, 1.82) is 0 Å². The third-order valence-corrected chi connectivity index (χ3v) is 6.41. The van der Waals surface area contributed by atoms with E-state index in [-0.39, 0.29) is 5.91 Å². The highest BCUT2D eigenvalue weighted by molar-refractivity contribution is 7.99. The number of aromatic nitrogens is 2. The topological polar surface area (TPSA) is 52.2 Å². The van der Waals surface area contributed by atoms with E-state index in [1.54, 1.807) is 0 Å². The van der Waals surface area contributed by atoms with E-state index in [2.05, 4.69) is 28.1 Å². The minimum absolute atomic E-state index is 0.157. The van der Waals surface area contributed by atoms with Crippen LogP contribution in [0.2, 0.25) is 5.02 Å². The number of nitrogens with zero attached hydrogens (tertiary/aromatic N) is 3. The zero-order chi connectivity index (χ0) is 20.9. The number of carbonyl (C=O) groups excluding carboxylic acids is 1. The number of aromatic amines is 1. The second-order valence-corrected chi connectivity index (χ2v) is 8.81. The molecule has 1 saturated heterocycles. The molecular formula is C23H25ClN4OS. The van der Waals surface area contributed by atoms with Crippen LogP contribution in [0.1, 0.15) is 17.0 Å². The number of thioether (sulfide) groups is 1. The molecule has 0 radical (unpaired) electrons. The predicted octanol–water partition coefficient (Wildman–Crippen LogP) is 4.40. The van der Waals surface area contributed by atoms with Gasteiger partial charge >= 0.3 is 0 Å². The van der Waals surface area contributed by atoms with E-state index in [4.69, 9.17) is 16.6 Å². The standard InChI is InChI=1S/C23H25ClN4OS/c1-17-21(14-18-6-3-2-4-7-18)26-23(25-17)30-16-22(29)28-12-10-27(11-13-28)20-9-5-8-19(24)15-20/h2-9,15H,10-14,16H2,1H3,(H,25,26). The Hall–Kier alpha value is -2.44. The summed E-state index contributed by atoms with van der Waals surface area (Å²) in [6.45, 7) is 5.12. The number of imidazole rings is 1. The van der Waals surface area contributed by atoms with E-state index >= 15 is 0 Å². The van der Waals surface area contributed by atoms with Gasteiger partial charge in [-0.15, -0.1) is 0 Å². The molecule has 156 valence electrons. The summed E-state index contributed by atoms with van der Waals surface area (Å²) < 4.78 is 0. The highest BCUT2D eigenvalue weighted by atomic mass is 35.5. The second-order valence-electron chi connectivity index (χ2n) is 7.41. The van der Waals surface area contributed by atoms with Gasteiger partial charge in [-0.2, -0.15) is 0 Å². The highest BCUT2D eigenvalue weighted by Gasteiger charge is 2.22. The molecular weight excluding hydrogens is 416 g/mol. The summed E-state index contributed by atoms with van der Waals surface area (Å²) in [5.74, 6) is 0.555. The van der Waals surface area contributed by atoms with Gasteiger partial charge in [0.25, 0.3) is 0 Å². The molecule has 1 aliphatic rings. The molecule has 1 N–H and O–H groups in total. The van der Waals surface area contributed by atoms with Crippen LogP contribution < -0.4 is 4.90 Å². The zero-order valence-electron chi connectivity index (χ0n) is 17.0. The van der Waals surface area contributed by atoms with Crippen molar-refractivity contribution < 1.29 is 4.79 Å². The van der Waals surface area contributed by atoms with Crippen LogP contribution in [-0.4, -0.2) is 52.7 Å². The molecule has 1 aromatic heterocycles. The highest BCUT2D eigenvalue weighted by Crippen LogP contribution is 2.22. The summed E-state index contributed by atoms with van der Waals surface area (Å²) in [4.78, 5) is 24.9. The number of anilines is 1. The number of rotatable bonds is 6. The maximum atomic E-state index is 12.7. The van der Waals surface area contributed by atoms with Gasteiger partial charge in [0.15, 0.2) is 5.16 Å². The number of H-pyrrole nitrogens is 1. The average molecular weight is 441 g/mol. The monoisotopic (exact) mass is 440 g/mol. The first kappa shape index (κ1) is 20.8. The van der Waals surface area contributed by atoms with Crippen LogP contribution in [0, 0.1) is 6.92 Å². The zero-order valence-corrected chi connectivity index (χ0v) is 18.5. The number of halogens is 1. The molecule has 30 heavy (non-hydrogen) atoms. The molecule has 3 aromatic rings. The molecule has 0 saturated carbocycles. The van der Waals surface area contributed by atoms with Gasteiger partial charge in [-0.25, -0.2) is 4.98 Å². The van der Waals surface area contributed by atoms with Crippen molar-refractivity contribution in [2.45, 2.75) is 18.5 Å². The van der Waals surface area contributed by atoms with E-state index in [0.717, 1.165) is 59.9 Å². The summed E-state index contributed by atoms with van der Waals surface area (Å²) in [6, 6.07) is 18.2. The van der Waals surface area contributed by atoms with Gasteiger partial charge in [-0.05, 0) is 30.7 Å². The number of amides is 1. The lowest BCUT2D eigenvalue weighted by atomic mass is 10.1. The first-order valence-electron chi connectivity index (χ1n) is 10.1. The fraction of sp³-hybridized carbons (Fsp3) is 0.304. The van der Waals surface area contributed by atoms with Gasteiger partial charge in [0.1, 0.15) is 0 Å². The molecule has 4 rings (SSSR count). The molecule has 0 aliphatic carbocycles. The Morgan fingerprint density at radius 2 is 1.87 bits per heavy atom. The van der Waals surface area contributed by atoms with E-state index < -0.39 is 0 Å². The van der Waals surface area contributed by atoms with Crippen molar-refractivity contribution in [2.75, 3.05) is 36.8 Å². The summed E-state index contributed by atoms with van der Waals surface area (Å²) >= 11 is 7.58. The van der Waals surface area contributed by atoms with Gasteiger partial charge in [-0.1, -0.05) is 59.8 Å². The van der Waals surface area contributed by atoms with E-state index in [0.29, 0.717) is 5.75 Å². The van der Waals surface area contributed by atoms with Crippen LogP contribution in [0.5, 0.6) is 0 Å². The van der Waals surface area contributed by atoms with E-state index in [9.17, 15) is 4.79 Å². The second kappa shape index (κ2) is 9.58. The molecule has 2 heterocycles. The third-order valence-electron chi connectivity index (χ3n) is 5.32. The number of hydrogen-bond acceptors (Lipinski definition) is 4. The lowest BCUT2D eigenvalue weighted by Crippen LogP contribution is -2.49. The smallest absolute Gasteiger partial charge is 0.233 e. The molecule has 0 atom stereocenters.